The molecule has 1 aliphatic heterocycles. The number of thiophene rings is 1. The van der Waals surface area contributed by atoms with Crippen molar-refractivity contribution < 1.29 is 13.2 Å². The molecule has 118 valence electrons. The summed E-state index contributed by atoms with van der Waals surface area (Å²) >= 11 is 1.61. The molecule has 2 rings (SSSR count). The number of nitrogens with one attached hydrogen (secondary N) is 2. The van der Waals surface area contributed by atoms with Crippen LogP contribution in [0.15, 0.2) is 11.4 Å². The number of aryl methyl sites for hydroxylation is 1. The highest BCUT2D eigenvalue weighted by atomic mass is 32.2. The Labute approximate surface area is 129 Å². The van der Waals surface area contributed by atoms with E-state index in [9.17, 15) is 13.2 Å². The zero-order valence-electron chi connectivity index (χ0n) is 12.3. The largest absolute Gasteiger partial charge is 0.334 e. The van der Waals surface area contributed by atoms with E-state index in [1.54, 1.807) is 11.3 Å². The SMILES string of the molecule is Cc1ccsc1CNC(=O)NC1CCCN(S(C)(=O)=O)C1. The van der Waals surface area contributed by atoms with Gasteiger partial charge in [0.05, 0.1) is 12.8 Å². The van der Waals surface area contributed by atoms with E-state index in [4.69, 9.17) is 0 Å². The van der Waals surface area contributed by atoms with Crippen molar-refractivity contribution in [1.29, 1.82) is 0 Å². The van der Waals surface area contributed by atoms with Crippen LogP contribution in [0, 0.1) is 6.92 Å². The highest BCUT2D eigenvalue weighted by molar-refractivity contribution is 7.88. The van der Waals surface area contributed by atoms with Gasteiger partial charge < -0.3 is 10.6 Å². The maximum Gasteiger partial charge on any atom is 0.315 e. The first-order valence-corrected chi connectivity index (χ1v) is 9.61. The number of urea groups is 1. The second-order valence-electron chi connectivity index (χ2n) is 5.31. The summed E-state index contributed by atoms with van der Waals surface area (Å²) in [5.41, 5.74) is 1.17. The minimum atomic E-state index is -3.18. The average molecular weight is 331 g/mol. The van der Waals surface area contributed by atoms with Gasteiger partial charge in [-0.25, -0.2) is 17.5 Å². The van der Waals surface area contributed by atoms with Crippen molar-refractivity contribution in [2.24, 2.45) is 0 Å². The van der Waals surface area contributed by atoms with Crippen molar-refractivity contribution in [2.45, 2.75) is 32.4 Å². The number of piperidine rings is 1. The van der Waals surface area contributed by atoms with Crippen molar-refractivity contribution in [3.05, 3.63) is 21.9 Å². The van der Waals surface area contributed by atoms with Crippen LogP contribution in [-0.4, -0.2) is 44.1 Å². The molecule has 1 aromatic rings. The van der Waals surface area contributed by atoms with Gasteiger partial charge in [-0.15, -0.1) is 11.3 Å². The molecule has 0 aliphatic carbocycles. The Morgan fingerprint density at radius 3 is 2.90 bits per heavy atom. The van der Waals surface area contributed by atoms with Gasteiger partial charge in [-0.2, -0.15) is 0 Å². The first kappa shape index (κ1) is 16.3. The van der Waals surface area contributed by atoms with Gasteiger partial charge in [0.25, 0.3) is 0 Å². The van der Waals surface area contributed by atoms with E-state index in [0.717, 1.165) is 17.7 Å². The van der Waals surface area contributed by atoms with Crippen molar-refractivity contribution in [2.75, 3.05) is 19.3 Å². The quantitative estimate of drug-likeness (QED) is 0.872. The summed E-state index contributed by atoms with van der Waals surface area (Å²) in [6.07, 6.45) is 2.77. The topological polar surface area (TPSA) is 78.5 Å². The number of carbonyl (C=O) groups is 1. The summed E-state index contributed by atoms with van der Waals surface area (Å²) in [6, 6.07) is 1.64. The molecule has 0 aromatic carbocycles. The molecule has 1 aromatic heterocycles. The van der Waals surface area contributed by atoms with Crippen molar-refractivity contribution in [3.63, 3.8) is 0 Å². The van der Waals surface area contributed by atoms with Crippen LogP contribution in [0.2, 0.25) is 0 Å². The monoisotopic (exact) mass is 331 g/mol. The van der Waals surface area contributed by atoms with E-state index < -0.39 is 10.0 Å². The first-order valence-electron chi connectivity index (χ1n) is 6.88. The Bertz CT molecular complexity index is 598. The fourth-order valence-corrected chi connectivity index (χ4v) is 4.10. The van der Waals surface area contributed by atoms with Gasteiger partial charge in [0.1, 0.15) is 0 Å². The standard InChI is InChI=1S/C13H21N3O3S2/c1-10-5-7-20-12(10)8-14-13(17)15-11-4-3-6-16(9-11)21(2,18)19/h5,7,11H,3-4,6,8-9H2,1-2H3,(H2,14,15,17). The molecule has 21 heavy (non-hydrogen) atoms. The third-order valence-electron chi connectivity index (χ3n) is 3.57. The molecule has 0 bridgehead atoms. The van der Waals surface area contributed by atoms with Crippen LogP contribution in [0.4, 0.5) is 4.79 Å². The molecular formula is C13H21N3O3S2. The van der Waals surface area contributed by atoms with Gasteiger partial charge in [0.2, 0.25) is 10.0 Å². The van der Waals surface area contributed by atoms with Gasteiger partial charge in [-0.05, 0) is 36.8 Å². The number of carbonyl (C=O) groups excluding carboxylic acids is 1. The van der Waals surface area contributed by atoms with E-state index in [0.29, 0.717) is 19.6 Å². The summed E-state index contributed by atoms with van der Waals surface area (Å²) in [6.45, 7) is 3.39. The summed E-state index contributed by atoms with van der Waals surface area (Å²) < 4.78 is 24.5. The molecule has 1 aliphatic rings. The Balaban J connectivity index is 1.81. The molecule has 1 fully saturated rings. The number of hydrogen-bond acceptors (Lipinski definition) is 4. The molecule has 8 heteroatoms. The molecule has 2 amide bonds. The maximum absolute atomic E-state index is 11.9. The summed E-state index contributed by atoms with van der Waals surface area (Å²) in [5.74, 6) is 0. The second kappa shape index (κ2) is 6.76. The maximum atomic E-state index is 11.9. The number of rotatable bonds is 4. The van der Waals surface area contributed by atoms with Gasteiger partial charge in [-0.1, -0.05) is 0 Å². The van der Waals surface area contributed by atoms with E-state index in [1.807, 2.05) is 18.4 Å². The second-order valence-corrected chi connectivity index (χ2v) is 8.30. The van der Waals surface area contributed by atoms with Crippen LogP contribution in [0.1, 0.15) is 23.3 Å². The van der Waals surface area contributed by atoms with Gasteiger partial charge >= 0.3 is 6.03 Å². The van der Waals surface area contributed by atoms with Crippen LogP contribution in [0.5, 0.6) is 0 Å². The number of hydrogen-bond donors (Lipinski definition) is 2. The van der Waals surface area contributed by atoms with E-state index in [1.165, 1.54) is 16.1 Å². The minimum absolute atomic E-state index is 0.127. The number of nitrogens with zero attached hydrogens (tertiary/aromatic N) is 1. The Morgan fingerprint density at radius 2 is 2.29 bits per heavy atom. The highest BCUT2D eigenvalue weighted by Gasteiger charge is 2.26. The Hall–Kier alpha value is -1.12. The number of sulfonamides is 1. The van der Waals surface area contributed by atoms with Crippen molar-refractivity contribution in [1.82, 2.24) is 14.9 Å². The normalized spacial score (nSPS) is 20.2. The van der Waals surface area contributed by atoms with Crippen molar-refractivity contribution >= 4 is 27.4 Å². The molecule has 2 N–H and O–H groups in total. The predicted molar refractivity (Wildman–Crippen MR) is 83.9 cm³/mol. The summed E-state index contributed by atoms with van der Waals surface area (Å²) in [5, 5.41) is 7.67. The van der Waals surface area contributed by atoms with E-state index in [-0.39, 0.29) is 12.1 Å². The smallest absolute Gasteiger partial charge is 0.315 e. The molecule has 0 radical (unpaired) electrons. The molecule has 0 saturated carbocycles. The fraction of sp³-hybridized carbons (Fsp3) is 0.615. The van der Waals surface area contributed by atoms with Gasteiger partial charge in [0.15, 0.2) is 0 Å². The van der Waals surface area contributed by atoms with Crippen molar-refractivity contribution in [3.8, 4) is 0 Å². The Morgan fingerprint density at radius 1 is 1.52 bits per heavy atom. The lowest BCUT2D eigenvalue weighted by Gasteiger charge is -2.31. The third kappa shape index (κ3) is 4.69. The molecule has 1 saturated heterocycles. The van der Waals surface area contributed by atoms with Crippen LogP contribution in [-0.2, 0) is 16.6 Å². The average Bonchev–Trinajstić information content (AvgIpc) is 2.81. The van der Waals surface area contributed by atoms with E-state index in [2.05, 4.69) is 10.6 Å². The predicted octanol–water partition coefficient (Wildman–Crippen LogP) is 1.28. The third-order valence-corrected chi connectivity index (χ3v) is 5.86. The molecule has 1 unspecified atom stereocenters. The van der Waals surface area contributed by atoms with Crippen LogP contribution >= 0.6 is 11.3 Å². The molecule has 2 heterocycles. The molecule has 6 nitrogen and oxygen atoms in total. The highest BCUT2D eigenvalue weighted by Crippen LogP contribution is 2.15. The molecule has 0 spiro atoms. The number of amides is 2. The minimum Gasteiger partial charge on any atom is -0.334 e. The lowest BCUT2D eigenvalue weighted by atomic mass is 10.1. The lowest BCUT2D eigenvalue weighted by molar-refractivity contribution is 0.225. The fourth-order valence-electron chi connectivity index (χ4n) is 2.34. The molecular weight excluding hydrogens is 310 g/mol. The van der Waals surface area contributed by atoms with Crippen LogP contribution in [0.3, 0.4) is 0 Å². The van der Waals surface area contributed by atoms with E-state index >= 15 is 0 Å². The summed E-state index contributed by atoms with van der Waals surface area (Å²) in [4.78, 5) is 13.0. The zero-order valence-corrected chi connectivity index (χ0v) is 13.9. The van der Waals surface area contributed by atoms with Gasteiger partial charge in [-0.3, -0.25) is 0 Å². The zero-order chi connectivity index (χ0) is 15.5. The van der Waals surface area contributed by atoms with Gasteiger partial charge in [0, 0.05) is 24.0 Å². The first-order chi connectivity index (χ1) is 9.86. The molecule has 1 atom stereocenters. The Kier molecular flexibility index (Phi) is 5.23. The summed E-state index contributed by atoms with van der Waals surface area (Å²) in [7, 11) is -3.18. The lowest BCUT2D eigenvalue weighted by Crippen LogP contribution is -2.51. The van der Waals surface area contributed by atoms with Crippen LogP contribution < -0.4 is 10.6 Å². The van der Waals surface area contributed by atoms with Crippen LogP contribution in [0.25, 0.3) is 0 Å².